The zero-order chi connectivity index (χ0) is 16.6. The van der Waals surface area contributed by atoms with Gasteiger partial charge in [-0.15, -0.1) is 0 Å². The second-order valence-electron chi connectivity index (χ2n) is 6.62. The number of Topliss-reactive ketones (excluding diaryl/α,β-unsaturated/α-hetero) is 1. The molecule has 2 aromatic carbocycles. The van der Waals surface area contributed by atoms with Crippen molar-refractivity contribution < 1.29 is 9.18 Å². The number of hydrogen-bond donors (Lipinski definition) is 1. The Labute approximate surface area is 141 Å². The van der Waals surface area contributed by atoms with E-state index in [1.54, 1.807) is 6.07 Å². The van der Waals surface area contributed by atoms with Crippen LogP contribution in [-0.2, 0) is 12.0 Å². The van der Waals surface area contributed by atoms with Crippen molar-refractivity contribution in [1.29, 1.82) is 0 Å². The van der Waals surface area contributed by atoms with Crippen LogP contribution in [-0.4, -0.2) is 36.9 Å². The minimum Gasteiger partial charge on any atom is -0.315 e. The summed E-state index contributed by atoms with van der Waals surface area (Å²) in [6.07, 6.45) is 1.60. The summed E-state index contributed by atoms with van der Waals surface area (Å²) in [5.41, 5.74) is 1.83. The van der Waals surface area contributed by atoms with E-state index in [1.807, 2.05) is 30.3 Å². The lowest BCUT2D eigenvalue weighted by Crippen LogP contribution is -2.52. The number of halogens is 1. The second-order valence-corrected chi connectivity index (χ2v) is 6.62. The van der Waals surface area contributed by atoms with E-state index in [9.17, 15) is 9.18 Å². The third kappa shape index (κ3) is 2.38. The lowest BCUT2D eigenvalue weighted by Gasteiger charge is -2.40. The van der Waals surface area contributed by atoms with Crippen LogP contribution < -0.4 is 5.32 Å². The highest BCUT2D eigenvalue weighted by atomic mass is 19.1. The smallest absolute Gasteiger partial charge is 0.188 e. The minimum absolute atomic E-state index is 0.102. The van der Waals surface area contributed by atoms with Crippen molar-refractivity contribution in [1.82, 2.24) is 10.2 Å². The predicted octanol–water partition coefficient (Wildman–Crippen LogP) is 2.76. The van der Waals surface area contributed by atoms with Gasteiger partial charge in [-0.25, -0.2) is 4.39 Å². The number of ketones is 1. The fourth-order valence-electron chi connectivity index (χ4n) is 4.12. The normalized spacial score (nSPS) is 24.6. The number of benzene rings is 2. The Morgan fingerprint density at radius 1 is 1.04 bits per heavy atom. The SMILES string of the molecule is O=C1c2ccccc2CC1(c1cccc(F)c1)N1CCCNCC1. The fourth-order valence-corrected chi connectivity index (χ4v) is 4.12. The molecule has 1 aliphatic heterocycles. The number of rotatable bonds is 2. The summed E-state index contributed by atoms with van der Waals surface area (Å²) >= 11 is 0. The fraction of sp³-hybridized carbons (Fsp3) is 0.350. The van der Waals surface area contributed by atoms with Crippen molar-refractivity contribution in [2.45, 2.75) is 18.4 Å². The van der Waals surface area contributed by atoms with E-state index in [2.05, 4.69) is 10.2 Å². The molecule has 1 N–H and O–H groups in total. The standard InChI is InChI=1S/C20H21FN2O/c21-17-7-3-6-16(13-17)20(23-11-4-9-22-10-12-23)14-15-5-1-2-8-18(15)19(20)24/h1-3,5-8,13,22H,4,9-12,14H2. The van der Waals surface area contributed by atoms with Gasteiger partial charge in [0.05, 0.1) is 0 Å². The summed E-state index contributed by atoms with van der Waals surface area (Å²) < 4.78 is 14.0. The van der Waals surface area contributed by atoms with Crippen molar-refractivity contribution in [3.05, 3.63) is 71.0 Å². The van der Waals surface area contributed by atoms with Crippen LogP contribution >= 0.6 is 0 Å². The van der Waals surface area contributed by atoms with E-state index < -0.39 is 5.54 Å². The molecule has 24 heavy (non-hydrogen) atoms. The zero-order valence-electron chi connectivity index (χ0n) is 13.6. The van der Waals surface area contributed by atoms with Crippen LogP contribution in [0.1, 0.15) is 27.9 Å². The van der Waals surface area contributed by atoms with Crippen LogP contribution in [0.25, 0.3) is 0 Å². The lowest BCUT2D eigenvalue weighted by molar-refractivity contribution is 0.0584. The highest BCUT2D eigenvalue weighted by Crippen LogP contribution is 2.42. The summed E-state index contributed by atoms with van der Waals surface area (Å²) in [6.45, 7) is 3.43. The van der Waals surface area contributed by atoms with Crippen molar-refractivity contribution >= 4 is 5.78 Å². The molecule has 124 valence electrons. The molecule has 1 aliphatic carbocycles. The molecular formula is C20H21FN2O. The van der Waals surface area contributed by atoms with E-state index >= 15 is 0 Å². The Morgan fingerprint density at radius 2 is 1.92 bits per heavy atom. The summed E-state index contributed by atoms with van der Waals surface area (Å²) in [6, 6.07) is 14.4. The monoisotopic (exact) mass is 324 g/mol. The van der Waals surface area contributed by atoms with Crippen LogP contribution in [0, 0.1) is 5.82 Å². The van der Waals surface area contributed by atoms with Gasteiger partial charge in [0.15, 0.2) is 5.78 Å². The molecule has 2 aromatic rings. The Bertz CT molecular complexity index is 768. The molecule has 1 saturated heterocycles. The zero-order valence-corrected chi connectivity index (χ0v) is 13.6. The Kier molecular flexibility index (Phi) is 3.94. The molecule has 0 saturated carbocycles. The summed E-state index contributed by atoms with van der Waals surface area (Å²) in [5.74, 6) is -0.186. The van der Waals surface area contributed by atoms with Gasteiger partial charge >= 0.3 is 0 Å². The van der Waals surface area contributed by atoms with Gasteiger partial charge in [0.2, 0.25) is 0 Å². The maximum Gasteiger partial charge on any atom is 0.188 e. The highest BCUT2D eigenvalue weighted by Gasteiger charge is 2.50. The lowest BCUT2D eigenvalue weighted by atomic mass is 9.83. The Morgan fingerprint density at radius 3 is 2.75 bits per heavy atom. The molecule has 0 bridgehead atoms. The average molecular weight is 324 g/mol. The number of carbonyl (C=O) groups excluding carboxylic acids is 1. The summed E-state index contributed by atoms with van der Waals surface area (Å²) in [4.78, 5) is 15.7. The molecule has 0 radical (unpaired) electrons. The van der Waals surface area contributed by atoms with Crippen LogP contribution in [0.5, 0.6) is 0 Å². The van der Waals surface area contributed by atoms with Crippen molar-refractivity contribution in [2.75, 3.05) is 26.2 Å². The van der Waals surface area contributed by atoms with Crippen LogP contribution in [0.15, 0.2) is 48.5 Å². The van der Waals surface area contributed by atoms with Gasteiger partial charge in [-0.3, -0.25) is 9.69 Å². The molecule has 1 atom stereocenters. The number of nitrogens with one attached hydrogen (secondary N) is 1. The van der Waals surface area contributed by atoms with Crippen LogP contribution in [0.2, 0.25) is 0 Å². The maximum atomic E-state index is 14.0. The first-order chi connectivity index (χ1) is 11.7. The predicted molar refractivity (Wildman–Crippen MR) is 91.6 cm³/mol. The molecule has 3 nitrogen and oxygen atoms in total. The third-order valence-corrected chi connectivity index (χ3v) is 5.27. The first kappa shape index (κ1) is 15.5. The first-order valence-electron chi connectivity index (χ1n) is 8.56. The van der Waals surface area contributed by atoms with Crippen LogP contribution in [0.4, 0.5) is 4.39 Å². The van der Waals surface area contributed by atoms with Gasteiger partial charge in [0, 0.05) is 31.6 Å². The Hall–Kier alpha value is -2.04. The largest absolute Gasteiger partial charge is 0.315 e. The average Bonchev–Trinajstić information content (AvgIpc) is 2.77. The van der Waals surface area contributed by atoms with Crippen molar-refractivity contribution in [3.63, 3.8) is 0 Å². The molecule has 4 heteroatoms. The topological polar surface area (TPSA) is 32.3 Å². The van der Waals surface area contributed by atoms with E-state index in [1.165, 1.54) is 12.1 Å². The van der Waals surface area contributed by atoms with Gasteiger partial charge in [-0.1, -0.05) is 36.4 Å². The van der Waals surface area contributed by atoms with Crippen LogP contribution in [0.3, 0.4) is 0 Å². The molecule has 2 aliphatic rings. The number of nitrogens with zero attached hydrogens (tertiary/aromatic N) is 1. The quantitative estimate of drug-likeness (QED) is 0.922. The van der Waals surface area contributed by atoms with Gasteiger partial charge < -0.3 is 5.32 Å². The maximum absolute atomic E-state index is 14.0. The second kappa shape index (κ2) is 6.11. The number of carbonyl (C=O) groups is 1. The van der Waals surface area contributed by atoms with Crippen molar-refractivity contribution in [2.24, 2.45) is 0 Å². The van der Waals surface area contributed by atoms with E-state index in [0.717, 1.165) is 49.3 Å². The molecular weight excluding hydrogens is 303 g/mol. The number of hydrogen-bond acceptors (Lipinski definition) is 3. The summed E-state index contributed by atoms with van der Waals surface area (Å²) in [7, 11) is 0. The molecule has 4 rings (SSSR count). The third-order valence-electron chi connectivity index (χ3n) is 5.27. The molecule has 0 spiro atoms. The molecule has 1 fully saturated rings. The highest BCUT2D eigenvalue weighted by molar-refractivity contribution is 6.08. The Balaban J connectivity index is 1.86. The summed E-state index contributed by atoms with van der Waals surface area (Å²) in [5, 5.41) is 3.39. The van der Waals surface area contributed by atoms with Gasteiger partial charge in [0.25, 0.3) is 0 Å². The van der Waals surface area contributed by atoms with Crippen molar-refractivity contribution in [3.8, 4) is 0 Å². The molecule has 1 heterocycles. The number of fused-ring (bicyclic) bond motifs is 1. The molecule has 0 amide bonds. The van der Waals surface area contributed by atoms with Gasteiger partial charge in [-0.05, 0) is 36.2 Å². The molecule has 1 unspecified atom stereocenters. The van der Waals surface area contributed by atoms with Gasteiger partial charge in [-0.2, -0.15) is 0 Å². The van der Waals surface area contributed by atoms with E-state index in [0.29, 0.717) is 6.42 Å². The molecule has 0 aromatic heterocycles. The van der Waals surface area contributed by atoms with E-state index in [4.69, 9.17) is 0 Å². The van der Waals surface area contributed by atoms with Gasteiger partial charge in [0.1, 0.15) is 11.4 Å². The first-order valence-corrected chi connectivity index (χ1v) is 8.56. The van der Waals surface area contributed by atoms with E-state index in [-0.39, 0.29) is 11.6 Å². The minimum atomic E-state index is -0.780.